The zero-order valence-electron chi connectivity index (χ0n) is 13.8. The monoisotopic (exact) mass is 402 g/mol. The van der Waals surface area contributed by atoms with Gasteiger partial charge in [-0.15, -0.1) is 0 Å². The molecule has 27 heavy (non-hydrogen) atoms. The van der Waals surface area contributed by atoms with Gasteiger partial charge in [-0.25, -0.2) is 9.37 Å². The number of anilines is 1. The minimum Gasteiger partial charge on any atom is -0.350 e. The minimum absolute atomic E-state index is 0.0682. The van der Waals surface area contributed by atoms with Crippen molar-refractivity contribution in [2.45, 2.75) is 11.4 Å². The molecule has 8 heteroatoms. The number of guanidine groups is 1. The van der Waals surface area contributed by atoms with Crippen LogP contribution in [-0.2, 0) is 6.54 Å². The second-order valence-corrected chi connectivity index (χ2v) is 6.92. The zero-order valence-corrected chi connectivity index (χ0v) is 15.4. The molecule has 1 aliphatic rings. The van der Waals surface area contributed by atoms with Gasteiger partial charge in [-0.3, -0.25) is 0 Å². The normalized spacial score (nSPS) is 12.8. The molecule has 2 N–H and O–H groups in total. The van der Waals surface area contributed by atoms with Crippen LogP contribution in [0.1, 0.15) is 5.69 Å². The number of nitrogens with zero attached hydrogens (tertiary/aromatic N) is 2. The number of halogens is 3. The van der Waals surface area contributed by atoms with Crippen molar-refractivity contribution >= 4 is 35.2 Å². The standard InChI is InChI=1S/C19H13ClF2N4S/c20-17-12(5-2-7-14(17)21)13-6-3-8-15-18(13)25-19(26-27-15)23-10-11-4-1-9-16(22)24-11/h1-9H,10H2,(H2,23,25,26). The Hall–Kier alpha value is -2.64. The highest BCUT2D eigenvalue weighted by Crippen LogP contribution is 2.41. The van der Waals surface area contributed by atoms with Crippen molar-refractivity contribution < 1.29 is 8.78 Å². The molecule has 0 saturated carbocycles. The van der Waals surface area contributed by atoms with E-state index in [4.69, 9.17) is 11.6 Å². The quantitative estimate of drug-likeness (QED) is 0.463. The highest BCUT2D eigenvalue weighted by Gasteiger charge is 2.19. The Balaban J connectivity index is 1.59. The van der Waals surface area contributed by atoms with Crippen molar-refractivity contribution in [1.29, 1.82) is 0 Å². The molecule has 0 saturated heterocycles. The Morgan fingerprint density at radius 1 is 1.00 bits per heavy atom. The maximum Gasteiger partial charge on any atom is 0.213 e. The topological polar surface area (TPSA) is 49.3 Å². The van der Waals surface area contributed by atoms with Gasteiger partial charge in [0.25, 0.3) is 0 Å². The lowest BCUT2D eigenvalue weighted by Gasteiger charge is -2.21. The average molecular weight is 403 g/mol. The maximum atomic E-state index is 13.9. The Morgan fingerprint density at radius 3 is 2.63 bits per heavy atom. The lowest BCUT2D eigenvalue weighted by molar-refractivity contribution is 0.575. The fourth-order valence-electron chi connectivity index (χ4n) is 2.71. The lowest BCUT2D eigenvalue weighted by atomic mass is 10.0. The van der Waals surface area contributed by atoms with Gasteiger partial charge < -0.3 is 10.6 Å². The molecule has 2 aromatic carbocycles. The van der Waals surface area contributed by atoms with Crippen LogP contribution in [0.2, 0.25) is 5.02 Å². The van der Waals surface area contributed by atoms with Crippen LogP contribution in [-0.4, -0.2) is 10.9 Å². The van der Waals surface area contributed by atoms with E-state index in [0.29, 0.717) is 23.8 Å². The van der Waals surface area contributed by atoms with Gasteiger partial charge in [-0.2, -0.15) is 8.79 Å². The maximum absolute atomic E-state index is 13.9. The number of pyridine rings is 1. The van der Waals surface area contributed by atoms with Crippen molar-refractivity contribution in [2.24, 2.45) is 4.40 Å². The van der Waals surface area contributed by atoms with Gasteiger partial charge in [0.05, 0.1) is 27.8 Å². The predicted molar refractivity (Wildman–Crippen MR) is 105 cm³/mol. The summed E-state index contributed by atoms with van der Waals surface area (Å²) in [6, 6.07) is 15.0. The number of para-hydroxylation sites is 1. The van der Waals surface area contributed by atoms with E-state index in [-0.39, 0.29) is 5.02 Å². The smallest absolute Gasteiger partial charge is 0.213 e. The van der Waals surface area contributed by atoms with Crippen molar-refractivity contribution in [1.82, 2.24) is 10.3 Å². The molecule has 0 fully saturated rings. The van der Waals surface area contributed by atoms with Gasteiger partial charge in [0, 0.05) is 23.1 Å². The molecule has 4 rings (SSSR count). The van der Waals surface area contributed by atoms with Crippen LogP contribution >= 0.6 is 23.5 Å². The highest BCUT2D eigenvalue weighted by atomic mass is 35.5. The van der Waals surface area contributed by atoms with E-state index in [9.17, 15) is 8.78 Å². The molecule has 1 aliphatic heterocycles. The van der Waals surface area contributed by atoms with Gasteiger partial charge in [0.15, 0.2) is 0 Å². The van der Waals surface area contributed by atoms with Gasteiger partial charge >= 0.3 is 0 Å². The molecule has 0 bridgehead atoms. The summed E-state index contributed by atoms with van der Waals surface area (Å²) in [4.78, 5) is 4.70. The summed E-state index contributed by atoms with van der Waals surface area (Å²) in [5.41, 5.74) is 2.69. The third-order valence-electron chi connectivity index (χ3n) is 3.96. The van der Waals surface area contributed by atoms with E-state index in [2.05, 4.69) is 20.0 Å². The first-order chi connectivity index (χ1) is 13.1. The largest absolute Gasteiger partial charge is 0.350 e. The molecular formula is C19H13ClF2N4S. The number of hydrogen-bond donors (Lipinski definition) is 2. The van der Waals surface area contributed by atoms with Gasteiger partial charge in [-0.1, -0.05) is 41.9 Å². The van der Waals surface area contributed by atoms with E-state index >= 15 is 0 Å². The molecule has 0 spiro atoms. The molecule has 0 amide bonds. The summed E-state index contributed by atoms with van der Waals surface area (Å²) in [6.45, 7) is 0.308. The number of benzene rings is 2. The molecular weight excluding hydrogens is 390 g/mol. The van der Waals surface area contributed by atoms with E-state index in [1.807, 2.05) is 18.2 Å². The summed E-state index contributed by atoms with van der Waals surface area (Å²) in [5, 5.41) is 6.37. The number of rotatable bonds is 3. The highest BCUT2D eigenvalue weighted by molar-refractivity contribution is 7.98. The molecule has 0 unspecified atom stereocenters. The SMILES string of the molecule is Fc1cccc(CNC2=NSc3cccc(-c4cccc(F)c4Cl)c3N2)n1. The average Bonchev–Trinajstić information content (AvgIpc) is 2.68. The Bertz CT molecular complexity index is 1040. The molecule has 1 aromatic heterocycles. The Labute approximate surface area is 163 Å². The third-order valence-corrected chi connectivity index (χ3v) is 5.15. The third kappa shape index (κ3) is 3.74. The molecule has 2 heterocycles. The number of nitrogens with one attached hydrogen (secondary N) is 2. The van der Waals surface area contributed by atoms with E-state index < -0.39 is 11.8 Å². The minimum atomic E-state index is -0.532. The molecule has 0 atom stereocenters. The van der Waals surface area contributed by atoms with Crippen molar-refractivity contribution in [3.63, 3.8) is 0 Å². The summed E-state index contributed by atoms with van der Waals surface area (Å²) < 4.78 is 31.5. The first kappa shape index (κ1) is 17.8. The van der Waals surface area contributed by atoms with Crippen LogP contribution in [0.5, 0.6) is 0 Å². The van der Waals surface area contributed by atoms with Crippen LogP contribution in [0, 0.1) is 11.8 Å². The first-order valence-electron chi connectivity index (χ1n) is 8.06. The molecule has 136 valence electrons. The van der Waals surface area contributed by atoms with Gasteiger partial charge in [0.1, 0.15) is 5.82 Å². The van der Waals surface area contributed by atoms with Crippen LogP contribution in [0.3, 0.4) is 0 Å². The van der Waals surface area contributed by atoms with E-state index in [1.54, 1.807) is 24.3 Å². The second-order valence-electron chi connectivity index (χ2n) is 5.74. The Morgan fingerprint density at radius 2 is 1.78 bits per heavy atom. The molecule has 0 aliphatic carbocycles. The van der Waals surface area contributed by atoms with Crippen molar-refractivity contribution in [3.8, 4) is 11.1 Å². The van der Waals surface area contributed by atoms with Crippen molar-refractivity contribution in [2.75, 3.05) is 5.32 Å². The van der Waals surface area contributed by atoms with Crippen LogP contribution < -0.4 is 10.6 Å². The summed E-state index contributed by atoms with van der Waals surface area (Å²) in [7, 11) is 0. The summed E-state index contributed by atoms with van der Waals surface area (Å²) >= 11 is 7.45. The lowest BCUT2D eigenvalue weighted by Crippen LogP contribution is -2.31. The van der Waals surface area contributed by atoms with Crippen LogP contribution in [0.15, 0.2) is 63.9 Å². The molecule has 0 radical (unpaired) electrons. The first-order valence-corrected chi connectivity index (χ1v) is 9.21. The number of fused-ring (bicyclic) bond motifs is 1. The number of hydrogen-bond acceptors (Lipinski definition) is 5. The predicted octanol–water partition coefficient (Wildman–Crippen LogP) is 5.26. The van der Waals surface area contributed by atoms with Crippen molar-refractivity contribution in [3.05, 3.63) is 77.1 Å². The second kappa shape index (κ2) is 7.54. The van der Waals surface area contributed by atoms with Gasteiger partial charge in [-0.05, 0) is 24.3 Å². The molecule has 3 aromatic rings. The van der Waals surface area contributed by atoms with Gasteiger partial charge in [0.2, 0.25) is 11.9 Å². The van der Waals surface area contributed by atoms with Crippen LogP contribution in [0.25, 0.3) is 11.1 Å². The Kier molecular flexibility index (Phi) is 4.96. The molecule has 4 nitrogen and oxygen atoms in total. The number of aromatic nitrogens is 1. The van der Waals surface area contributed by atoms with Crippen LogP contribution in [0.4, 0.5) is 14.5 Å². The zero-order chi connectivity index (χ0) is 18.8. The fraction of sp³-hybridized carbons (Fsp3) is 0.0526. The fourth-order valence-corrected chi connectivity index (χ4v) is 3.63. The summed E-state index contributed by atoms with van der Waals surface area (Å²) in [5.74, 6) is -0.506. The van der Waals surface area contributed by atoms with E-state index in [0.717, 1.165) is 16.1 Å². The van der Waals surface area contributed by atoms with E-state index in [1.165, 1.54) is 24.1 Å². The summed E-state index contributed by atoms with van der Waals surface area (Å²) in [6.07, 6.45) is 0.